The van der Waals surface area contributed by atoms with Gasteiger partial charge < -0.3 is 10.2 Å². The number of rotatable bonds is 1. The molecule has 4 nitrogen and oxygen atoms in total. The maximum absolute atomic E-state index is 12.4. The number of anilines is 1. The van der Waals surface area contributed by atoms with Gasteiger partial charge in [-0.3, -0.25) is 9.69 Å². The number of nitrogens with zero attached hydrogens (tertiary/aromatic N) is 2. The van der Waals surface area contributed by atoms with E-state index < -0.39 is 0 Å². The standard InChI is InChI=1S/C15H21N3O/c1-11-4-3-5-12(2)15(11)18-9-13-8-16-6-7-17(13)10-14(18)19/h3-5,13,16H,6-10H2,1-2H3. The Morgan fingerprint density at radius 2 is 2.00 bits per heavy atom. The molecule has 2 saturated heterocycles. The highest BCUT2D eigenvalue weighted by molar-refractivity contribution is 5.97. The Morgan fingerprint density at radius 3 is 2.74 bits per heavy atom. The highest BCUT2D eigenvalue weighted by Crippen LogP contribution is 2.27. The number of carbonyl (C=O) groups is 1. The number of nitrogens with one attached hydrogen (secondary N) is 1. The van der Waals surface area contributed by atoms with Crippen LogP contribution in [0.25, 0.3) is 0 Å². The average molecular weight is 259 g/mol. The molecule has 1 aromatic carbocycles. The summed E-state index contributed by atoms with van der Waals surface area (Å²) in [6.07, 6.45) is 0. The largest absolute Gasteiger partial charge is 0.314 e. The molecule has 102 valence electrons. The number of hydrogen-bond acceptors (Lipinski definition) is 3. The van der Waals surface area contributed by atoms with Crippen molar-refractivity contribution in [2.24, 2.45) is 0 Å². The van der Waals surface area contributed by atoms with Crippen LogP contribution in [0.3, 0.4) is 0 Å². The zero-order chi connectivity index (χ0) is 13.4. The van der Waals surface area contributed by atoms with Crippen LogP contribution >= 0.6 is 0 Å². The van der Waals surface area contributed by atoms with Crippen LogP contribution in [-0.4, -0.2) is 49.6 Å². The third kappa shape index (κ3) is 2.26. The lowest BCUT2D eigenvalue weighted by molar-refractivity contribution is -0.122. The number of fused-ring (bicyclic) bond motifs is 1. The lowest BCUT2D eigenvalue weighted by atomic mass is 10.0. The second-order valence-corrected chi connectivity index (χ2v) is 5.57. The second-order valence-electron chi connectivity index (χ2n) is 5.57. The molecule has 2 aliphatic rings. The molecular weight excluding hydrogens is 238 g/mol. The summed E-state index contributed by atoms with van der Waals surface area (Å²) in [7, 11) is 0. The first-order chi connectivity index (χ1) is 9.16. The van der Waals surface area contributed by atoms with Gasteiger partial charge in [0, 0.05) is 37.9 Å². The van der Waals surface area contributed by atoms with Gasteiger partial charge in [-0.05, 0) is 25.0 Å². The van der Waals surface area contributed by atoms with E-state index in [-0.39, 0.29) is 5.91 Å². The highest BCUT2D eigenvalue weighted by Gasteiger charge is 2.34. The fourth-order valence-corrected chi connectivity index (χ4v) is 3.21. The van der Waals surface area contributed by atoms with Gasteiger partial charge >= 0.3 is 0 Å². The van der Waals surface area contributed by atoms with Gasteiger partial charge in [-0.25, -0.2) is 0 Å². The monoisotopic (exact) mass is 259 g/mol. The van der Waals surface area contributed by atoms with E-state index in [1.54, 1.807) is 0 Å². The van der Waals surface area contributed by atoms with Crippen molar-refractivity contribution in [3.63, 3.8) is 0 Å². The van der Waals surface area contributed by atoms with Crippen LogP contribution in [-0.2, 0) is 4.79 Å². The molecule has 1 amide bonds. The fraction of sp³-hybridized carbons (Fsp3) is 0.533. The van der Waals surface area contributed by atoms with Crippen LogP contribution in [0.4, 0.5) is 5.69 Å². The van der Waals surface area contributed by atoms with Gasteiger partial charge in [0.25, 0.3) is 0 Å². The molecule has 4 heteroatoms. The van der Waals surface area contributed by atoms with Crippen LogP contribution in [0.5, 0.6) is 0 Å². The molecule has 1 N–H and O–H groups in total. The molecule has 1 atom stereocenters. The Balaban J connectivity index is 1.90. The molecule has 0 aromatic heterocycles. The van der Waals surface area contributed by atoms with Gasteiger partial charge in [-0.2, -0.15) is 0 Å². The van der Waals surface area contributed by atoms with Crippen LogP contribution in [0.15, 0.2) is 18.2 Å². The Kier molecular flexibility index (Phi) is 3.29. The fourth-order valence-electron chi connectivity index (χ4n) is 3.21. The van der Waals surface area contributed by atoms with E-state index in [0.717, 1.165) is 31.9 Å². The van der Waals surface area contributed by atoms with Crippen molar-refractivity contribution in [3.05, 3.63) is 29.3 Å². The van der Waals surface area contributed by atoms with E-state index in [0.29, 0.717) is 12.6 Å². The lowest BCUT2D eigenvalue weighted by Gasteiger charge is -2.44. The number of piperazine rings is 2. The Hall–Kier alpha value is -1.39. The summed E-state index contributed by atoms with van der Waals surface area (Å²) in [5, 5.41) is 3.42. The molecule has 0 saturated carbocycles. The topological polar surface area (TPSA) is 35.6 Å². The Morgan fingerprint density at radius 1 is 1.26 bits per heavy atom. The zero-order valence-corrected chi connectivity index (χ0v) is 11.6. The van der Waals surface area contributed by atoms with Crippen LogP contribution in [0.1, 0.15) is 11.1 Å². The van der Waals surface area contributed by atoms with Crippen LogP contribution < -0.4 is 10.2 Å². The number of aryl methyl sites for hydroxylation is 2. The third-order valence-electron chi connectivity index (χ3n) is 4.21. The summed E-state index contributed by atoms with van der Waals surface area (Å²) < 4.78 is 0. The molecule has 0 spiro atoms. The number of amides is 1. The van der Waals surface area contributed by atoms with Gasteiger partial charge in [0.15, 0.2) is 0 Å². The summed E-state index contributed by atoms with van der Waals surface area (Å²) in [5.41, 5.74) is 3.48. The summed E-state index contributed by atoms with van der Waals surface area (Å²) in [6.45, 7) is 8.48. The van der Waals surface area contributed by atoms with E-state index in [1.165, 1.54) is 11.1 Å². The van der Waals surface area contributed by atoms with Crippen molar-refractivity contribution in [2.45, 2.75) is 19.9 Å². The van der Waals surface area contributed by atoms with Crippen molar-refractivity contribution >= 4 is 11.6 Å². The normalized spacial score (nSPS) is 24.4. The summed E-state index contributed by atoms with van der Waals surface area (Å²) in [5.74, 6) is 0.232. The third-order valence-corrected chi connectivity index (χ3v) is 4.21. The first-order valence-corrected chi connectivity index (χ1v) is 6.98. The Bertz CT molecular complexity index is 480. The zero-order valence-electron chi connectivity index (χ0n) is 11.6. The number of para-hydroxylation sites is 1. The van der Waals surface area contributed by atoms with Crippen molar-refractivity contribution in [3.8, 4) is 0 Å². The van der Waals surface area contributed by atoms with E-state index >= 15 is 0 Å². The van der Waals surface area contributed by atoms with Gasteiger partial charge in [-0.15, -0.1) is 0 Å². The highest BCUT2D eigenvalue weighted by atomic mass is 16.2. The molecule has 2 heterocycles. The van der Waals surface area contributed by atoms with E-state index in [4.69, 9.17) is 0 Å². The molecule has 2 aliphatic heterocycles. The summed E-state index contributed by atoms with van der Waals surface area (Å²) in [4.78, 5) is 16.7. The molecule has 3 rings (SSSR count). The molecule has 0 radical (unpaired) electrons. The Labute approximate surface area is 114 Å². The summed E-state index contributed by atoms with van der Waals surface area (Å²) >= 11 is 0. The van der Waals surface area contributed by atoms with E-state index in [1.807, 2.05) is 4.90 Å². The van der Waals surface area contributed by atoms with Crippen molar-refractivity contribution in [2.75, 3.05) is 37.6 Å². The second kappa shape index (κ2) is 4.94. The first kappa shape index (κ1) is 12.6. The summed E-state index contributed by atoms with van der Waals surface area (Å²) in [6, 6.07) is 6.67. The molecule has 1 aromatic rings. The average Bonchev–Trinajstić information content (AvgIpc) is 2.39. The van der Waals surface area contributed by atoms with Crippen LogP contribution in [0.2, 0.25) is 0 Å². The molecule has 19 heavy (non-hydrogen) atoms. The lowest BCUT2D eigenvalue weighted by Crippen LogP contribution is -2.63. The molecule has 0 bridgehead atoms. The van der Waals surface area contributed by atoms with Crippen molar-refractivity contribution < 1.29 is 4.79 Å². The molecule has 2 fully saturated rings. The van der Waals surface area contributed by atoms with Gasteiger partial charge in [0.05, 0.1) is 6.54 Å². The minimum Gasteiger partial charge on any atom is -0.314 e. The quantitative estimate of drug-likeness (QED) is 0.815. The number of hydrogen-bond donors (Lipinski definition) is 1. The maximum atomic E-state index is 12.4. The molecule has 1 unspecified atom stereocenters. The smallest absolute Gasteiger partial charge is 0.241 e. The molecular formula is C15H21N3O. The predicted octanol–water partition coefficient (Wildman–Crippen LogP) is 0.924. The molecule has 0 aliphatic carbocycles. The minimum atomic E-state index is 0.232. The first-order valence-electron chi connectivity index (χ1n) is 6.98. The predicted molar refractivity (Wildman–Crippen MR) is 76.5 cm³/mol. The van der Waals surface area contributed by atoms with Crippen molar-refractivity contribution in [1.29, 1.82) is 0 Å². The van der Waals surface area contributed by atoms with Crippen LogP contribution in [0, 0.1) is 13.8 Å². The van der Waals surface area contributed by atoms with E-state index in [9.17, 15) is 4.79 Å². The van der Waals surface area contributed by atoms with Crippen molar-refractivity contribution in [1.82, 2.24) is 10.2 Å². The minimum absolute atomic E-state index is 0.232. The van der Waals surface area contributed by atoms with E-state index in [2.05, 4.69) is 42.3 Å². The number of benzene rings is 1. The van der Waals surface area contributed by atoms with Gasteiger partial charge in [0.1, 0.15) is 0 Å². The van der Waals surface area contributed by atoms with Gasteiger partial charge in [-0.1, -0.05) is 18.2 Å². The van der Waals surface area contributed by atoms with Gasteiger partial charge in [0.2, 0.25) is 5.91 Å². The number of carbonyl (C=O) groups excluding carboxylic acids is 1. The maximum Gasteiger partial charge on any atom is 0.241 e. The SMILES string of the molecule is Cc1cccc(C)c1N1CC2CNCCN2CC1=O.